The first-order valence-electron chi connectivity index (χ1n) is 7.18. The van der Waals surface area contributed by atoms with Crippen LogP contribution < -0.4 is 5.32 Å². The maximum absolute atomic E-state index is 12.3. The number of nitrogens with zero attached hydrogens (tertiary/aromatic N) is 1. The molecule has 2 aliphatic carbocycles. The van der Waals surface area contributed by atoms with Gasteiger partial charge in [0.25, 0.3) is 5.91 Å². The summed E-state index contributed by atoms with van der Waals surface area (Å²) in [6, 6.07) is 0. The van der Waals surface area contributed by atoms with Gasteiger partial charge in [0.15, 0.2) is 6.54 Å². The minimum absolute atomic E-state index is 0.0117. The predicted octanol–water partition coefficient (Wildman–Crippen LogP) is 2.02. The first-order valence-corrected chi connectivity index (χ1v) is 7.18. The van der Waals surface area contributed by atoms with Gasteiger partial charge in [-0.3, -0.25) is 4.79 Å². The first kappa shape index (κ1) is 13.9. The summed E-state index contributed by atoms with van der Waals surface area (Å²) in [7, 11) is 6.19. The molecule has 2 fully saturated rings. The number of hydrogen-bond donors (Lipinski definition) is 1. The largest absolute Gasteiger partial charge is 0.345 e. The Morgan fingerprint density at radius 1 is 1.17 bits per heavy atom. The normalized spacial score (nSPS) is 37.9. The highest BCUT2D eigenvalue weighted by Gasteiger charge is 2.60. The number of carbonyl (C=O) groups is 1. The standard InChI is InChI=1S/C15H28N2O/c1-14(2)11-7-8-12(9-11)15(14,3)16-13(18)10-17(4,5)6/h11-12H,7-10H2,1-6H3/p+1/t11-,12-,15-/m0/s1. The van der Waals surface area contributed by atoms with Gasteiger partial charge in [-0.25, -0.2) is 0 Å². The highest BCUT2D eigenvalue weighted by Crippen LogP contribution is 2.61. The topological polar surface area (TPSA) is 29.1 Å². The number of likely N-dealkylation sites (N-methyl/N-ethyl adjacent to an activating group) is 1. The Balaban J connectivity index is 2.10. The van der Waals surface area contributed by atoms with Gasteiger partial charge in [0, 0.05) is 5.54 Å². The van der Waals surface area contributed by atoms with Crippen LogP contribution in [0.4, 0.5) is 0 Å². The molecule has 3 heteroatoms. The van der Waals surface area contributed by atoms with Gasteiger partial charge in [-0.1, -0.05) is 13.8 Å². The van der Waals surface area contributed by atoms with Crippen LogP contribution in [0, 0.1) is 17.3 Å². The van der Waals surface area contributed by atoms with Crippen LogP contribution >= 0.6 is 0 Å². The van der Waals surface area contributed by atoms with Gasteiger partial charge in [-0.15, -0.1) is 0 Å². The van der Waals surface area contributed by atoms with Gasteiger partial charge < -0.3 is 9.80 Å². The second kappa shape index (κ2) is 3.96. The van der Waals surface area contributed by atoms with E-state index < -0.39 is 0 Å². The number of nitrogens with one attached hydrogen (secondary N) is 1. The molecule has 0 spiro atoms. The summed E-state index contributed by atoms with van der Waals surface area (Å²) in [5.41, 5.74) is 0.221. The molecule has 1 N–H and O–H groups in total. The van der Waals surface area contributed by atoms with Crippen molar-refractivity contribution in [3.8, 4) is 0 Å². The SMILES string of the molecule is CC1(C)[C@H]2CC[C@@H](C2)[C@]1(C)NC(=O)C[N+](C)(C)C. The Hall–Kier alpha value is -0.570. The van der Waals surface area contributed by atoms with Crippen molar-refractivity contribution in [2.45, 2.75) is 45.6 Å². The van der Waals surface area contributed by atoms with E-state index in [9.17, 15) is 4.79 Å². The molecular formula is C15H29N2O+. The molecule has 3 atom stereocenters. The third-order valence-corrected chi connectivity index (χ3v) is 5.63. The number of quaternary nitrogens is 1. The van der Waals surface area contributed by atoms with Gasteiger partial charge in [0.2, 0.25) is 0 Å². The van der Waals surface area contributed by atoms with Crippen LogP contribution in [-0.2, 0) is 4.79 Å². The summed E-state index contributed by atoms with van der Waals surface area (Å²) in [6.07, 6.45) is 3.93. The van der Waals surface area contributed by atoms with Gasteiger partial charge >= 0.3 is 0 Å². The summed E-state index contributed by atoms with van der Waals surface area (Å²) >= 11 is 0. The molecule has 0 aromatic heterocycles. The summed E-state index contributed by atoms with van der Waals surface area (Å²) in [5.74, 6) is 1.66. The van der Waals surface area contributed by atoms with Crippen molar-refractivity contribution in [1.82, 2.24) is 5.32 Å². The van der Waals surface area contributed by atoms with E-state index in [4.69, 9.17) is 0 Å². The molecule has 18 heavy (non-hydrogen) atoms. The predicted molar refractivity (Wildman–Crippen MR) is 74.1 cm³/mol. The Morgan fingerprint density at radius 3 is 2.17 bits per heavy atom. The quantitative estimate of drug-likeness (QED) is 0.766. The van der Waals surface area contributed by atoms with Gasteiger partial charge in [-0.2, -0.15) is 0 Å². The zero-order valence-corrected chi connectivity index (χ0v) is 12.8. The summed E-state index contributed by atoms with van der Waals surface area (Å²) in [5, 5.41) is 3.38. The van der Waals surface area contributed by atoms with Crippen molar-refractivity contribution >= 4 is 5.91 Å². The molecule has 0 radical (unpaired) electrons. The molecule has 2 saturated carbocycles. The number of hydrogen-bond acceptors (Lipinski definition) is 1. The molecule has 2 rings (SSSR count). The molecule has 2 aliphatic rings. The lowest BCUT2D eigenvalue weighted by atomic mass is 9.64. The van der Waals surface area contributed by atoms with E-state index in [1.165, 1.54) is 19.3 Å². The van der Waals surface area contributed by atoms with E-state index in [-0.39, 0.29) is 16.9 Å². The van der Waals surface area contributed by atoms with Crippen molar-refractivity contribution in [2.24, 2.45) is 17.3 Å². The molecule has 0 aromatic rings. The van der Waals surface area contributed by atoms with E-state index in [1.807, 2.05) is 0 Å². The second-order valence-corrected chi connectivity index (χ2v) is 8.13. The van der Waals surface area contributed by atoms with Crippen LogP contribution in [0.5, 0.6) is 0 Å². The third-order valence-electron chi connectivity index (χ3n) is 5.63. The number of carbonyl (C=O) groups excluding carboxylic acids is 1. The minimum Gasteiger partial charge on any atom is -0.345 e. The fourth-order valence-corrected chi connectivity index (χ4v) is 4.13. The maximum atomic E-state index is 12.3. The molecule has 0 heterocycles. The van der Waals surface area contributed by atoms with E-state index in [2.05, 4.69) is 47.2 Å². The maximum Gasteiger partial charge on any atom is 0.275 e. The van der Waals surface area contributed by atoms with Gasteiger partial charge in [-0.05, 0) is 43.4 Å². The molecule has 3 nitrogen and oxygen atoms in total. The highest BCUT2D eigenvalue weighted by molar-refractivity contribution is 5.78. The zero-order chi connectivity index (χ0) is 13.8. The van der Waals surface area contributed by atoms with Crippen molar-refractivity contribution in [1.29, 1.82) is 0 Å². The van der Waals surface area contributed by atoms with Crippen molar-refractivity contribution < 1.29 is 9.28 Å². The lowest BCUT2D eigenvalue weighted by Gasteiger charge is -2.48. The second-order valence-electron chi connectivity index (χ2n) is 8.13. The van der Waals surface area contributed by atoms with Crippen molar-refractivity contribution in [3.63, 3.8) is 0 Å². The van der Waals surface area contributed by atoms with Crippen molar-refractivity contribution in [2.75, 3.05) is 27.7 Å². The Bertz CT molecular complexity index is 356. The van der Waals surface area contributed by atoms with Crippen molar-refractivity contribution in [3.05, 3.63) is 0 Å². The van der Waals surface area contributed by atoms with E-state index in [0.29, 0.717) is 16.9 Å². The Morgan fingerprint density at radius 2 is 1.72 bits per heavy atom. The number of amides is 1. The average molecular weight is 253 g/mol. The molecule has 0 aliphatic heterocycles. The number of rotatable bonds is 3. The van der Waals surface area contributed by atoms with E-state index in [1.54, 1.807) is 0 Å². The zero-order valence-electron chi connectivity index (χ0n) is 12.8. The lowest BCUT2D eigenvalue weighted by Crippen LogP contribution is -2.61. The third kappa shape index (κ3) is 2.07. The van der Waals surface area contributed by atoms with Gasteiger partial charge in [0.05, 0.1) is 21.1 Å². The summed E-state index contributed by atoms with van der Waals surface area (Å²) in [4.78, 5) is 12.3. The first-order chi connectivity index (χ1) is 8.06. The highest BCUT2D eigenvalue weighted by atomic mass is 16.2. The Labute approximate surface area is 112 Å². The molecule has 0 unspecified atom stereocenters. The molecular weight excluding hydrogens is 224 g/mol. The molecule has 0 saturated heterocycles. The molecule has 0 aromatic carbocycles. The smallest absolute Gasteiger partial charge is 0.275 e. The van der Waals surface area contributed by atoms with Gasteiger partial charge in [0.1, 0.15) is 0 Å². The summed E-state index contributed by atoms with van der Waals surface area (Å²) < 4.78 is 0.691. The van der Waals surface area contributed by atoms with Crippen LogP contribution in [0.3, 0.4) is 0 Å². The van der Waals surface area contributed by atoms with Crippen LogP contribution in [0.1, 0.15) is 40.0 Å². The Kier molecular flexibility index (Phi) is 3.05. The summed E-state index contributed by atoms with van der Waals surface area (Å²) in [6.45, 7) is 7.50. The number of fused-ring (bicyclic) bond motifs is 2. The van der Waals surface area contributed by atoms with E-state index >= 15 is 0 Å². The van der Waals surface area contributed by atoms with Crippen LogP contribution in [-0.4, -0.2) is 43.6 Å². The fraction of sp³-hybridized carbons (Fsp3) is 0.933. The van der Waals surface area contributed by atoms with E-state index in [0.717, 1.165) is 5.92 Å². The molecule has 1 amide bonds. The molecule has 2 bridgehead atoms. The fourth-order valence-electron chi connectivity index (χ4n) is 4.13. The van der Waals surface area contributed by atoms with Crippen LogP contribution in [0.15, 0.2) is 0 Å². The molecule has 104 valence electrons. The van der Waals surface area contributed by atoms with Crippen LogP contribution in [0.2, 0.25) is 0 Å². The van der Waals surface area contributed by atoms with Crippen LogP contribution in [0.25, 0.3) is 0 Å². The monoisotopic (exact) mass is 253 g/mol. The minimum atomic E-state index is -0.0117. The lowest BCUT2D eigenvalue weighted by molar-refractivity contribution is -0.862. The average Bonchev–Trinajstić information content (AvgIpc) is 2.66.